The molecule has 0 aromatic heterocycles. The van der Waals surface area contributed by atoms with Crippen LogP contribution >= 0.6 is 23.2 Å². The van der Waals surface area contributed by atoms with Crippen molar-refractivity contribution in [2.75, 3.05) is 13.1 Å². The first-order valence-electron chi connectivity index (χ1n) is 5.06. The molecule has 4 heteroatoms. The molecule has 0 saturated carbocycles. The first kappa shape index (κ1) is 9.91. The normalized spacial score (nSPS) is 28.7. The minimum Gasteiger partial charge on any atom is -0.372 e. The van der Waals surface area contributed by atoms with Gasteiger partial charge in [-0.25, -0.2) is 0 Å². The van der Waals surface area contributed by atoms with E-state index in [2.05, 4.69) is 5.32 Å². The van der Waals surface area contributed by atoms with Gasteiger partial charge in [0.05, 0.1) is 22.8 Å². The Morgan fingerprint density at radius 2 is 2.13 bits per heavy atom. The topological polar surface area (TPSA) is 21.3 Å². The molecule has 2 nitrogen and oxygen atoms in total. The van der Waals surface area contributed by atoms with Gasteiger partial charge in [0, 0.05) is 19.0 Å². The molecule has 3 rings (SSSR count). The molecule has 1 aromatic rings. The molecule has 2 atom stereocenters. The molecule has 2 aliphatic rings. The highest BCUT2D eigenvalue weighted by molar-refractivity contribution is 6.42. The maximum absolute atomic E-state index is 6.26. The fourth-order valence-electron chi connectivity index (χ4n) is 2.45. The summed E-state index contributed by atoms with van der Waals surface area (Å²) in [5, 5.41) is 4.67. The smallest absolute Gasteiger partial charge is 0.0785 e. The van der Waals surface area contributed by atoms with Gasteiger partial charge in [-0.2, -0.15) is 0 Å². The molecule has 80 valence electrons. The Bertz CT molecular complexity index is 408. The second-order valence-electron chi connectivity index (χ2n) is 4.05. The van der Waals surface area contributed by atoms with Crippen molar-refractivity contribution in [3.63, 3.8) is 0 Å². The van der Waals surface area contributed by atoms with Crippen LogP contribution in [0.25, 0.3) is 0 Å². The van der Waals surface area contributed by atoms with Gasteiger partial charge >= 0.3 is 0 Å². The molecular weight excluding hydrogens is 233 g/mol. The summed E-state index contributed by atoms with van der Waals surface area (Å²) in [6.45, 7) is 2.49. The maximum Gasteiger partial charge on any atom is 0.0785 e. The largest absolute Gasteiger partial charge is 0.372 e. The van der Waals surface area contributed by atoms with Crippen molar-refractivity contribution in [2.24, 2.45) is 0 Å². The van der Waals surface area contributed by atoms with Crippen LogP contribution in [0, 0.1) is 0 Å². The van der Waals surface area contributed by atoms with E-state index in [1.807, 2.05) is 12.1 Å². The van der Waals surface area contributed by atoms with Crippen molar-refractivity contribution >= 4 is 23.2 Å². The lowest BCUT2D eigenvalue weighted by atomic mass is 9.89. The minimum absolute atomic E-state index is 0.258. The third-order valence-electron chi connectivity index (χ3n) is 3.21. The Balaban J connectivity index is 2.14. The number of nitrogens with one attached hydrogen (secondary N) is 1. The molecule has 2 heterocycles. The van der Waals surface area contributed by atoms with E-state index in [-0.39, 0.29) is 6.10 Å². The van der Waals surface area contributed by atoms with E-state index in [4.69, 9.17) is 27.9 Å². The summed E-state index contributed by atoms with van der Waals surface area (Å²) >= 11 is 12.3. The summed E-state index contributed by atoms with van der Waals surface area (Å²) in [6, 6.07) is 3.85. The average Bonchev–Trinajstić information content (AvgIpc) is 2.70. The molecular formula is C11H11Cl2NO. The van der Waals surface area contributed by atoms with Crippen LogP contribution in [0.5, 0.6) is 0 Å². The molecule has 0 aliphatic carbocycles. The molecule has 0 spiro atoms. The fourth-order valence-corrected chi connectivity index (χ4v) is 2.94. The van der Waals surface area contributed by atoms with Gasteiger partial charge in [-0.1, -0.05) is 29.3 Å². The molecule has 0 bridgehead atoms. The lowest BCUT2D eigenvalue weighted by Gasteiger charge is -2.29. The van der Waals surface area contributed by atoms with Crippen molar-refractivity contribution in [3.8, 4) is 0 Å². The van der Waals surface area contributed by atoms with E-state index >= 15 is 0 Å². The fraction of sp³-hybridized carbons (Fsp3) is 0.455. The zero-order valence-corrected chi connectivity index (χ0v) is 9.61. The highest BCUT2D eigenvalue weighted by atomic mass is 35.5. The van der Waals surface area contributed by atoms with Crippen LogP contribution in [-0.4, -0.2) is 19.2 Å². The van der Waals surface area contributed by atoms with Crippen LogP contribution in [0.2, 0.25) is 10.0 Å². The number of fused-ring (bicyclic) bond motifs is 3. The Hall–Kier alpha value is -0.280. The number of hydrogen-bond donors (Lipinski definition) is 1. The third-order valence-corrected chi connectivity index (χ3v) is 4.02. The van der Waals surface area contributed by atoms with E-state index in [1.165, 1.54) is 11.1 Å². The van der Waals surface area contributed by atoms with Crippen molar-refractivity contribution in [2.45, 2.75) is 18.6 Å². The molecule has 1 aromatic carbocycles. The van der Waals surface area contributed by atoms with Gasteiger partial charge in [-0.05, 0) is 17.2 Å². The molecule has 15 heavy (non-hydrogen) atoms. The number of rotatable bonds is 0. The van der Waals surface area contributed by atoms with E-state index in [0.717, 1.165) is 13.1 Å². The van der Waals surface area contributed by atoms with E-state index < -0.39 is 0 Å². The molecule has 1 N–H and O–H groups in total. The van der Waals surface area contributed by atoms with E-state index in [9.17, 15) is 0 Å². The van der Waals surface area contributed by atoms with E-state index in [1.54, 1.807) is 0 Å². The third kappa shape index (κ3) is 1.48. The number of halogens is 2. The summed E-state index contributed by atoms with van der Waals surface area (Å²) in [6.07, 6.45) is 0.258. The lowest BCUT2D eigenvalue weighted by molar-refractivity contribution is 0.0300. The Kier molecular flexibility index (Phi) is 2.40. The van der Waals surface area contributed by atoms with Gasteiger partial charge in [0.25, 0.3) is 0 Å². The molecule has 2 unspecified atom stereocenters. The monoisotopic (exact) mass is 243 g/mol. The maximum atomic E-state index is 6.26. The lowest BCUT2D eigenvalue weighted by Crippen LogP contribution is -2.27. The van der Waals surface area contributed by atoms with E-state index in [0.29, 0.717) is 22.6 Å². The van der Waals surface area contributed by atoms with Crippen molar-refractivity contribution in [1.82, 2.24) is 5.32 Å². The Morgan fingerprint density at radius 1 is 1.27 bits per heavy atom. The van der Waals surface area contributed by atoms with Crippen LogP contribution < -0.4 is 5.32 Å². The summed E-state index contributed by atoms with van der Waals surface area (Å²) in [4.78, 5) is 0. The van der Waals surface area contributed by atoms with Crippen molar-refractivity contribution in [1.29, 1.82) is 0 Å². The molecule has 1 fully saturated rings. The van der Waals surface area contributed by atoms with Gasteiger partial charge in [0.15, 0.2) is 0 Å². The number of hydrogen-bond acceptors (Lipinski definition) is 2. The Labute approximate surface area is 98.5 Å². The summed E-state index contributed by atoms with van der Waals surface area (Å²) in [5.74, 6) is 0.361. The van der Waals surface area contributed by atoms with Crippen LogP contribution in [-0.2, 0) is 11.3 Å². The van der Waals surface area contributed by atoms with Crippen molar-refractivity contribution in [3.05, 3.63) is 33.3 Å². The van der Waals surface area contributed by atoms with Crippen LogP contribution in [0.1, 0.15) is 17.0 Å². The summed E-state index contributed by atoms with van der Waals surface area (Å²) < 4.78 is 5.76. The van der Waals surface area contributed by atoms with Crippen molar-refractivity contribution < 1.29 is 4.74 Å². The molecule has 2 aliphatic heterocycles. The summed E-state index contributed by atoms with van der Waals surface area (Å²) in [7, 11) is 0. The second-order valence-corrected chi connectivity index (χ2v) is 4.83. The zero-order chi connectivity index (χ0) is 10.4. The van der Waals surface area contributed by atoms with Gasteiger partial charge in [-0.3, -0.25) is 0 Å². The second kappa shape index (κ2) is 3.63. The number of ether oxygens (including phenoxy) is 1. The average molecular weight is 244 g/mol. The van der Waals surface area contributed by atoms with Gasteiger partial charge in [-0.15, -0.1) is 0 Å². The van der Waals surface area contributed by atoms with Gasteiger partial charge < -0.3 is 10.1 Å². The predicted molar refractivity (Wildman–Crippen MR) is 60.6 cm³/mol. The van der Waals surface area contributed by atoms with Gasteiger partial charge in [0.2, 0.25) is 0 Å². The first-order chi connectivity index (χ1) is 7.27. The SMILES string of the molecule is Clc1ccc2c(c1Cl)C1CNCC1OC2. The summed E-state index contributed by atoms with van der Waals surface area (Å²) in [5.41, 5.74) is 2.36. The minimum atomic E-state index is 0.258. The molecule has 0 amide bonds. The van der Waals surface area contributed by atoms with Crippen LogP contribution in [0.4, 0.5) is 0 Å². The van der Waals surface area contributed by atoms with Gasteiger partial charge in [0.1, 0.15) is 0 Å². The molecule has 0 radical (unpaired) electrons. The highest BCUT2D eigenvalue weighted by Crippen LogP contribution is 2.40. The van der Waals surface area contributed by atoms with Crippen LogP contribution in [0.15, 0.2) is 12.1 Å². The first-order valence-corrected chi connectivity index (χ1v) is 5.82. The van der Waals surface area contributed by atoms with Crippen LogP contribution in [0.3, 0.4) is 0 Å². The standard InChI is InChI=1S/C11H11Cl2NO/c12-8-2-1-6-5-15-9-4-14-3-7(9)10(6)11(8)13/h1-2,7,9,14H,3-5H2. The predicted octanol–water partition coefficient (Wildman–Crippen LogP) is 2.58. The number of benzene rings is 1. The highest BCUT2D eigenvalue weighted by Gasteiger charge is 2.36. The molecule has 1 saturated heterocycles. The quantitative estimate of drug-likeness (QED) is 0.757. The Morgan fingerprint density at radius 3 is 3.00 bits per heavy atom. The zero-order valence-electron chi connectivity index (χ0n) is 8.09.